The van der Waals surface area contributed by atoms with Crippen molar-refractivity contribution in [1.82, 2.24) is 0 Å². The molecule has 2 heterocycles. The summed E-state index contributed by atoms with van der Waals surface area (Å²) in [6.07, 6.45) is -1.01. The summed E-state index contributed by atoms with van der Waals surface area (Å²) in [5.74, 6) is -0.348. The molecule has 2 aromatic carbocycles. The number of rotatable bonds is 4. The molecule has 6 nitrogen and oxygen atoms in total. The fourth-order valence-corrected chi connectivity index (χ4v) is 3.53. The van der Waals surface area contributed by atoms with Crippen LogP contribution in [-0.4, -0.2) is 24.8 Å². The molecule has 1 N–H and O–H groups in total. The van der Waals surface area contributed by atoms with Crippen LogP contribution in [-0.2, 0) is 9.53 Å². The third kappa shape index (κ3) is 3.56. The number of amides is 1. The van der Waals surface area contributed by atoms with Gasteiger partial charge in [0.1, 0.15) is 10.7 Å². The molecular formula is C19H14FNO5S. The number of ether oxygens (including phenoxy) is 3. The third-order valence-corrected chi connectivity index (χ3v) is 5.07. The normalized spacial score (nSPS) is 13.4. The van der Waals surface area contributed by atoms with E-state index in [1.807, 2.05) is 0 Å². The second-order valence-corrected chi connectivity index (χ2v) is 6.98. The summed E-state index contributed by atoms with van der Waals surface area (Å²) in [5, 5.41) is 3.28. The van der Waals surface area contributed by atoms with Crippen LogP contribution in [0.2, 0.25) is 0 Å². The molecule has 4 rings (SSSR count). The number of hydrogen-bond acceptors (Lipinski definition) is 6. The number of hydrogen-bond donors (Lipinski definition) is 1. The first-order valence-electron chi connectivity index (χ1n) is 8.10. The van der Waals surface area contributed by atoms with E-state index in [0.717, 1.165) is 4.70 Å². The molecule has 138 valence electrons. The summed E-state index contributed by atoms with van der Waals surface area (Å²) >= 11 is 1.18. The van der Waals surface area contributed by atoms with Crippen LogP contribution in [0.25, 0.3) is 10.1 Å². The van der Waals surface area contributed by atoms with Crippen molar-refractivity contribution in [3.05, 3.63) is 53.2 Å². The number of fused-ring (bicyclic) bond motifs is 2. The average Bonchev–Trinajstić information content (AvgIpc) is 3.27. The van der Waals surface area contributed by atoms with E-state index in [4.69, 9.17) is 14.2 Å². The summed E-state index contributed by atoms with van der Waals surface area (Å²) < 4.78 is 29.7. The molecule has 0 spiro atoms. The van der Waals surface area contributed by atoms with Gasteiger partial charge in [-0.15, -0.1) is 11.3 Å². The molecular weight excluding hydrogens is 373 g/mol. The molecule has 1 unspecified atom stereocenters. The van der Waals surface area contributed by atoms with Crippen molar-refractivity contribution in [2.75, 3.05) is 12.1 Å². The van der Waals surface area contributed by atoms with Crippen LogP contribution in [0.4, 0.5) is 10.1 Å². The Hall–Kier alpha value is -3.13. The Morgan fingerprint density at radius 1 is 1.15 bits per heavy atom. The van der Waals surface area contributed by atoms with E-state index in [9.17, 15) is 14.0 Å². The van der Waals surface area contributed by atoms with Crippen molar-refractivity contribution in [1.29, 1.82) is 0 Å². The van der Waals surface area contributed by atoms with E-state index in [-0.39, 0.29) is 12.6 Å². The summed E-state index contributed by atoms with van der Waals surface area (Å²) in [7, 11) is 0. The lowest BCUT2D eigenvalue weighted by Gasteiger charge is -2.13. The van der Waals surface area contributed by atoms with E-state index < -0.39 is 18.0 Å². The minimum Gasteiger partial charge on any atom is -0.454 e. The predicted octanol–water partition coefficient (Wildman–Crippen LogP) is 3.95. The first-order valence-corrected chi connectivity index (χ1v) is 8.92. The fraction of sp³-hybridized carbons (Fsp3) is 0.158. The molecule has 0 radical (unpaired) electrons. The SMILES string of the molecule is CC(OC(=O)c1cc2cc(F)ccc2s1)C(=O)Nc1ccc2c(c1)OCO2. The number of nitrogens with one attached hydrogen (secondary N) is 1. The molecule has 8 heteroatoms. The van der Waals surface area contributed by atoms with E-state index >= 15 is 0 Å². The van der Waals surface area contributed by atoms with Crippen molar-refractivity contribution in [3.63, 3.8) is 0 Å². The monoisotopic (exact) mass is 387 g/mol. The van der Waals surface area contributed by atoms with E-state index in [1.54, 1.807) is 30.3 Å². The largest absolute Gasteiger partial charge is 0.454 e. The zero-order chi connectivity index (χ0) is 19.0. The molecule has 0 saturated heterocycles. The number of carbonyl (C=O) groups excluding carboxylic acids is 2. The average molecular weight is 387 g/mol. The molecule has 0 bridgehead atoms. The zero-order valence-electron chi connectivity index (χ0n) is 14.2. The van der Waals surface area contributed by atoms with Gasteiger partial charge in [-0.3, -0.25) is 4.79 Å². The van der Waals surface area contributed by atoms with Crippen LogP contribution in [0.1, 0.15) is 16.6 Å². The second-order valence-electron chi connectivity index (χ2n) is 5.90. The van der Waals surface area contributed by atoms with Crippen LogP contribution in [0.15, 0.2) is 42.5 Å². The van der Waals surface area contributed by atoms with Gasteiger partial charge in [0.2, 0.25) is 6.79 Å². The number of benzene rings is 2. The van der Waals surface area contributed by atoms with Crippen molar-refractivity contribution in [2.24, 2.45) is 0 Å². The number of thiophene rings is 1. The van der Waals surface area contributed by atoms with Gasteiger partial charge in [-0.05, 0) is 48.7 Å². The molecule has 27 heavy (non-hydrogen) atoms. The Morgan fingerprint density at radius 2 is 1.96 bits per heavy atom. The van der Waals surface area contributed by atoms with Gasteiger partial charge in [-0.25, -0.2) is 9.18 Å². The minimum absolute atomic E-state index is 0.139. The molecule has 0 aliphatic carbocycles. The summed E-state index contributed by atoms with van der Waals surface area (Å²) in [6.45, 7) is 1.62. The number of carbonyl (C=O) groups is 2. The molecule has 0 saturated carbocycles. The number of esters is 1. The third-order valence-electron chi connectivity index (χ3n) is 3.97. The molecule has 1 amide bonds. The van der Waals surface area contributed by atoms with Gasteiger partial charge in [-0.2, -0.15) is 0 Å². The lowest BCUT2D eigenvalue weighted by atomic mass is 10.2. The summed E-state index contributed by atoms with van der Waals surface area (Å²) in [5.41, 5.74) is 0.504. The highest BCUT2D eigenvalue weighted by molar-refractivity contribution is 7.20. The Bertz CT molecular complexity index is 1050. The molecule has 1 aromatic heterocycles. The minimum atomic E-state index is -1.01. The van der Waals surface area contributed by atoms with E-state index in [2.05, 4.69) is 5.32 Å². The van der Waals surface area contributed by atoms with E-state index in [0.29, 0.717) is 27.4 Å². The zero-order valence-corrected chi connectivity index (χ0v) is 15.0. The Morgan fingerprint density at radius 3 is 2.81 bits per heavy atom. The quantitative estimate of drug-likeness (QED) is 0.686. The van der Waals surface area contributed by atoms with Crippen molar-refractivity contribution < 1.29 is 28.2 Å². The Kier molecular flexibility index (Phi) is 4.41. The lowest BCUT2D eigenvalue weighted by Crippen LogP contribution is -2.29. The Labute approximate surface area is 157 Å². The summed E-state index contributed by atoms with van der Waals surface area (Å²) in [4.78, 5) is 24.9. The molecule has 1 aliphatic heterocycles. The van der Waals surface area contributed by atoms with Gasteiger partial charge in [0, 0.05) is 16.5 Å². The van der Waals surface area contributed by atoms with Crippen molar-refractivity contribution in [2.45, 2.75) is 13.0 Å². The lowest BCUT2D eigenvalue weighted by molar-refractivity contribution is -0.123. The second kappa shape index (κ2) is 6.88. The van der Waals surface area contributed by atoms with Crippen LogP contribution >= 0.6 is 11.3 Å². The first-order chi connectivity index (χ1) is 13.0. The van der Waals surface area contributed by atoms with Crippen LogP contribution in [0.5, 0.6) is 11.5 Å². The fourth-order valence-electron chi connectivity index (χ4n) is 2.61. The van der Waals surface area contributed by atoms with Gasteiger partial charge in [0.15, 0.2) is 17.6 Å². The maximum atomic E-state index is 13.3. The van der Waals surface area contributed by atoms with Crippen molar-refractivity contribution >= 4 is 39.0 Å². The van der Waals surface area contributed by atoms with Crippen LogP contribution in [0.3, 0.4) is 0 Å². The maximum absolute atomic E-state index is 13.3. The van der Waals surface area contributed by atoms with Gasteiger partial charge in [0.25, 0.3) is 5.91 Å². The van der Waals surface area contributed by atoms with Gasteiger partial charge in [-0.1, -0.05) is 0 Å². The molecule has 0 fully saturated rings. The topological polar surface area (TPSA) is 73.9 Å². The van der Waals surface area contributed by atoms with E-state index in [1.165, 1.54) is 30.4 Å². The highest BCUT2D eigenvalue weighted by Gasteiger charge is 2.22. The molecule has 3 aromatic rings. The molecule has 1 atom stereocenters. The molecule has 1 aliphatic rings. The smallest absolute Gasteiger partial charge is 0.349 e. The number of anilines is 1. The summed E-state index contributed by atoms with van der Waals surface area (Å²) in [6, 6.07) is 10.8. The highest BCUT2D eigenvalue weighted by atomic mass is 32.1. The number of halogens is 1. The Balaban J connectivity index is 1.41. The highest BCUT2D eigenvalue weighted by Crippen LogP contribution is 2.34. The maximum Gasteiger partial charge on any atom is 0.349 e. The van der Waals surface area contributed by atoms with Gasteiger partial charge >= 0.3 is 5.97 Å². The van der Waals surface area contributed by atoms with Crippen LogP contribution in [0, 0.1) is 5.82 Å². The van der Waals surface area contributed by atoms with Crippen LogP contribution < -0.4 is 14.8 Å². The van der Waals surface area contributed by atoms with Gasteiger partial charge in [0.05, 0.1) is 0 Å². The van der Waals surface area contributed by atoms with Gasteiger partial charge < -0.3 is 19.5 Å². The van der Waals surface area contributed by atoms with Crippen molar-refractivity contribution in [3.8, 4) is 11.5 Å². The standard InChI is InChI=1S/C19H14FNO5S/c1-10(18(22)21-13-3-4-14-15(8-13)25-9-24-14)26-19(23)17-7-11-6-12(20)2-5-16(11)27-17/h2-8,10H,9H2,1H3,(H,21,22). The first kappa shape index (κ1) is 17.3. The predicted molar refractivity (Wildman–Crippen MR) is 97.9 cm³/mol.